The second-order valence-electron chi connectivity index (χ2n) is 22.3. The second kappa shape index (κ2) is 15.9. The maximum atomic E-state index is 2.63. The fourth-order valence-electron chi connectivity index (χ4n) is 13.2. The number of rotatable bonds is 7. The van der Waals surface area contributed by atoms with Gasteiger partial charge in [0.1, 0.15) is 0 Å². The number of benzene rings is 10. The molecule has 0 saturated heterocycles. The zero-order valence-electron chi connectivity index (χ0n) is 41.7. The van der Waals surface area contributed by atoms with E-state index in [4.69, 9.17) is 0 Å². The number of nitrogens with zero attached hydrogens (tertiary/aromatic N) is 1. The minimum atomic E-state index is -0.470. The molecule has 71 heavy (non-hydrogen) atoms. The van der Waals surface area contributed by atoms with Crippen LogP contribution in [0.3, 0.4) is 0 Å². The summed E-state index contributed by atoms with van der Waals surface area (Å²) in [5.74, 6) is 0. The van der Waals surface area contributed by atoms with Gasteiger partial charge >= 0.3 is 0 Å². The van der Waals surface area contributed by atoms with E-state index < -0.39 is 5.41 Å². The van der Waals surface area contributed by atoms with Crippen LogP contribution in [0.5, 0.6) is 0 Å². The van der Waals surface area contributed by atoms with Crippen molar-refractivity contribution in [2.45, 2.75) is 76.0 Å². The summed E-state index contributed by atoms with van der Waals surface area (Å²) in [4.78, 5) is 2.50. The van der Waals surface area contributed by atoms with Crippen LogP contribution in [0, 0.1) is 0 Å². The predicted molar refractivity (Wildman–Crippen MR) is 300 cm³/mol. The average Bonchev–Trinajstić information content (AvgIpc) is 3.83. The summed E-state index contributed by atoms with van der Waals surface area (Å²) in [5.41, 5.74) is 24.3. The molecule has 3 aliphatic rings. The summed E-state index contributed by atoms with van der Waals surface area (Å²) < 4.78 is 0. The lowest BCUT2D eigenvalue weighted by molar-refractivity contribution is 0.331. The molecule has 0 radical (unpaired) electrons. The Labute approximate surface area is 420 Å². The van der Waals surface area contributed by atoms with Gasteiger partial charge in [0.2, 0.25) is 0 Å². The zero-order chi connectivity index (χ0) is 48.3. The van der Waals surface area contributed by atoms with Crippen molar-refractivity contribution in [3.05, 3.63) is 269 Å². The highest BCUT2D eigenvalue weighted by atomic mass is 15.1. The van der Waals surface area contributed by atoms with E-state index >= 15 is 0 Å². The van der Waals surface area contributed by atoms with E-state index in [-0.39, 0.29) is 16.2 Å². The van der Waals surface area contributed by atoms with E-state index in [2.05, 4.69) is 271 Å². The van der Waals surface area contributed by atoms with Crippen molar-refractivity contribution in [3.63, 3.8) is 0 Å². The highest BCUT2D eigenvalue weighted by Gasteiger charge is 2.49. The normalized spacial score (nSPS) is 16.1. The third kappa shape index (κ3) is 6.52. The highest BCUT2D eigenvalue weighted by molar-refractivity contribution is 6.01. The lowest BCUT2D eigenvalue weighted by Crippen LogP contribution is -2.35. The minimum absolute atomic E-state index is 0.0731. The van der Waals surface area contributed by atoms with Crippen LogP contribution in [-0.2, 0) is 21.7 Å². The average molecular weight is 914 g/mol. The van der Waals surface area contributed by atoms with Gasteiger partial charge in [-0.25, -0.2) is 0 Å². The molecule has 344 valence electrons. The van der Waals surface area contributed by atoms with Crippen molar-refractivity contribution in [2.24, 2.45) is 0 Å². The molecule has 0 spiro atoms. The molecule has 10 aromatic carbocycles. The molecular formula is C70H59N. The first kappa shape index (κ1) is 43.3. The van der Waals surface area contributed by atoms with Crippen LogP contribution < -0.4 is 4.90 Å². The fourth-order valence-corrected chi connectivity index (χ4v) is 13.2. The summed E-state index contributed by atoms with van der Waals surface area (Å²) in [6.07, 6.45) is 2.35. The molecule has 1 nitrogen and oxygen atoms in total. The van der Waals surface area contributed by atoms with E-state index in [1.54, 1.807) is 0 Å². The molecule has 13 rings (SSSR count). The Morgan fingerprint density at radius 3 is 1.59 bits per heavy atom. The third-order valence-corrected chi connectivity index (χ3v) is 17.0. The lowest BCUT2D eigenvalue weighted by Gasteiger charge is -2.43. The smallest absolute Gasteiger partial charge is 0.0713 e. The Balaban J connectivity index is 0.993. The van der Waals surface area contributed by atoms with Crippen LogP contribution in [0.4, 0.5) is 17.1 Å². The van der Waals surface area contributed by atoms with E-state index in [1.807, 2.05) is 0 Å². The second-order valence-corrected chi connectivity index (χ2v) is 22.3. The maximum absolute atomic E-state index is 2.63. The van der Waals surface area contributed by atoms with Crippen LogP contribution in [0.15, 0.2) is 224 Å². The van der Waals surface area contributed by atoms with Gasteiger partial charge in [0.25, 0.3) is 0 Å². The molecule has 0 amide bonds. The van der Waals surface area contributed by atoms with Gasteiger partial charge in [0, 0.05) is 16.8 Å². The van der Waals surface area contributed by atoms with Gasteiger partial charge in [0.05, 0.1) is 11.1 Å². The van der Waals surface area contributed by atoms with Gasteiger partial charge < -0.3 is 4.90 Å². The van der Waals surface area contributed by atoms with Crippen LogP contribution >= 0.6 is 0 Å². The summed E-state index contributed by atoms with van der Waals surface area (Å²) in [6, 6.07) is 84.8. The summed E-state index contributed by atoms with van der Waals surface area (Å²) >= 11 is 0. The Morgan fingerprint density at radius 1 is 0.338 bits per heavy atom. The topological polar surface area (TPSA) is 3.24 Å². The maximum Gasteiger partial charge on any atom is 0.0713 e. The van der Waals surface area contributed by atoms with Crippen molar-refractivity contribution in [3.8, 4) is 44.5 Å². The van der Waals surface area contributed by atoms with Gasteiger partial charge in [-0.1, -0.05) is 224 Å². The molecule has 1 heteroatoms. The molecule has 0 heterocycles. The van der Waals surface area contributed by atoms with Crippen molar-refractivity contribution in [1.82, 2.24) is 0 Å². The van der Waals surface area contributed by atoms with Crippen LogP contribution in [0.2, 0.25) is 0 Å². The Kier molecular flexibility index (Phi) is 9.69. The first-order valence-electron chi connectivity index (χ1n) is 25.6. The molecular weight excluding hydrogens is 855 g/mol. The molecule has 0 N–H and O–H groups in total. The number of fused-ring (bicyclic) bond motifs is 8. The molecule has 0 fully saturated rings. The van der Waals surface area contributed by atoms with Crippen molar-refractivity contribution < 1.29 is 0 Å². The van der Waals surface area contributed by atoms with Gasteiger partial charge in [-0.2, -0.15) is 0 Å². The Hall–Kier alpha value is -7.74. The van der Waals surface area contributed by atoms with Crippen molar-refractivity contribution >= 4 is 27.8 Å². The van der Waals surface area contributed by atoms with E-state index in [9.17, 15) is 0 Å². The third-order valence-electron chi connectivity index (χ3n) is 17.0. The highest BCUT2D eigenvalue weighted by Crippen LogP contribution is 2.60. The first-order chi connectivity index (χ1) is 34.4. The summed E-state index contributed by atoms with van der Waals surface area (Å²) in [7, 11) is 0. The van der Waals surface area contributed by atoms with E-state index in [1.165, 1.54) is 118 Å². The van der Waals surface area contributed by atoms with E-state index in [0.29, 0.717) is 0 Å². The SMILES string of the molecule is CC1(C)CCC(C)(C)c2cc3c(cc21)-c1cc(-c2cccc4cc(N(c5ccc(-c6ccccc6)cc5)c5cccc6c5C(C)(C)c5ccccc5-6)ccc24)ccc1C3(c1ccccc1)c1ccccc1. The predicted octanol–water partition coefficient (Wildman–Crippen LogP) is 18.7. The van der Waals surface area contributed by atoms with Crippen LogP contribution in [-0.4, -0.2) is 0 Å². The van der Waals surface area contributed by atoms with Crippen molar-refractivity contribution in [2.75, 3.05) is 4.90 Å². The van der Waals surface area contributed by atoms with Crippen LogP contribution in [0.25, 0.3) is 55.3 Å². The number of hydrogen-bond donors (Lipinski definition) is 0. The molecule has 0 bridgehead atoms. The molecule has 0 aliphatic heterocycles. The molecule has 3 aliphatic carbocycles. The molecule has 0 aromatic heterocycles. The molecule has 0 unspecified atom stereocenters. The van der Waals surface area contributed by atoms with Gasteiger partial charge in [-0.05, 0) is 166 Å². The Morgan fingerprint density at radius 2 is 0.887 bits per heavy atom. The fraction of sp³-hybridized carbons (Fsp3) is 0.171. The van der Waals surface area contributed by atoms with E-state index in [0.717, 1.165) is 11.4 Å². The largest absolute Gasteiger partial charge is 0.310 e. The minimum Gasteiger partial charge on any atom is -0.310 e. The van der Waals surface area contributed by atoms with Gasteiger partial charge in [-0.15, -0.1) is 0 Å². The lowest BCUT2D eigenvalue weighted by atomic mass is 9.61. The monoisotopic (exact) mass is 913 g/mol. The standard InChI is InChI=1S/C70H59N/c1-67(2)40-41-68(3,4)64-45-62-59(44-63(64)67)58-43-49(34-39-61(58)70(62,50-23-12-8-13-24-50)51-25-14-9-15-26-51)54-28-18-22-48-42-53(37-38-55(48)54)71(52-35-32-47(33-36-52)46-20-10-7-11-21-46)65-31-19-29-57-56-27-16-17-30-60(56)69(5,6)66(57)65/h7-39,42-45H,40-41H2,1-6H3. The van der Waals surface area contributed by atoms with Crippen molar-refractivity contribution in [1.29, 1.82) is 0 Å². The van der Waals surface area contributed by atoms with Crippen LogP contribution in [0.1, 0.15) is 98.9 Å². The van der Waals surface area contributed by atoms with Gasteiger partial charge in [0.15, 0.2) is 0 Å². The summed E-state index contributed by atoms with van der Waals surface area (Å²) in [5, 5.41) is 2.45. The van der Waals surface area contributed by atoms with Gasteiger partial charge in [-0.3, -0.25) is 0 Å². The summed E-state index contributed by atoms with van der Waals surface area (Å²) in [6.45, 7) is 14.6. The quantitative estimate of drug-likeness (QED) is 0.154. The number of hydrogen-bond acceptors (Lipinski definition) is 1. The first-order valence-corrected chi connectivity index (χ1v) is 25.6. The number of anilines is 3. The Bertz CT molecular complexity index is 3670. The zero-order valence-corrected chi connectivity index (χ0v) is 41.7. The molecule has 10 aromatic rings. The molecule has 0 saturated carbocycles. The molecule has 0 atom stereocenters.